The Kier molecular flexibility index (Phi) is 15.5. The fourth-order valence-corrected chi connectivity index (χ4v) is 5.87. The van der Waals surface area contributed by atoms with E-state index in [4.69, 9.17) is 23.3 Å². The highest BCUT2D eigenvalue weighted by atomic mass is 79.9. The molecule has 0 saturated heterocycles. The molecule has 11 nitrogen and oxygen atoms in total. The van der Waals surface area contributed by atoms with Crippen LogP contribution in [0.5, 0.6) is 0 Å². The lowest BCUT2D eigenvalue weighted by atomic mass is 9.69. The number of hydrogen-bond acceptors (Lipinski definition) is 10. The maximum Gasteiger partial charge on any atom is 0.323 e. The van der Waals surface area contributed by atoms with Crippen molar-refractivity contribution >= 4 is 49.7 Å². The Morgan fingerprint density at radius 1 is 0.878 bits per heavy atom. The predicted octanol–water partition coefficient (Wildman–Crippen LogP) is 3.69. The van der Waals surface area contributed by atoms with Crippen molar-refractivity contribution in [2.24, 2.45) is 10.8 Å². The first kappa shape index (κ1) is 39.7. The standard InChI is InChI=1S/C27H49BrNO10PSi/c1-12-35-22(30)25(2,3)20-26(4,21-27(5,28)24(32)36-15-13-19-41(9,10)11)23(31)37-17-18-39-40(33,34)38-16-14-29(6,7)8/h12,14-18,20-21H2,1-11H3. The number of ether oxygens (including phenoxy) is 3. The number of likely N-dealkylation sites (N-methyl/N-ethyl adjacent to an activating group) is 1. The van der Waals surface area contributed by atoms with Gasteiger partial charge in [0.1, 0.15) is 32.2 Å². The number of rotatable bonds is 17. The van der Waals surface area contributed by atoms with Crippen molar-refractivity contribution in [1.82, 2.24) is 0 Å². The molecular formula is C27H49BrNO10PSi. The summed E-state index contributed by atoms with van der Waals surface area (Å²) in [5.74, 6) is 0.981. The Hall–Kier alpha value is -1.26. The molecule has 0 aliphatic heterocycles. The van der Waals surface area contributed by atoms with Crippen molar-refractivity contribution in [3.8, 4) is 11.5 Å². The van der Waals surface area contributed by atoms with Crippen molar-refractivity contribution in [2.75, 3.05) is 60.7 Å². The first-order valence-corrected chi connectivity index (χ1v) is 19.2. The lowest BCUT2D eigenvalue weighted by Gasteiger charge is -2.37. The molecule has 0 saturated carbocycles. The minimum absolute atomic E-state index is 0.0311. The number of phosphoric ester groups is 1. The van der Waals surface area contributed by atoms with Gasteiger partial charge < -0.3 is 32.6 Å². The first-order valence-electron chi connectivity index (χ1n) is 13.5. The first-order chi connectivity index (χ1) is 18.4. The van der Waals surface area contributed by atoms with Gasteiger partial charge in [-0.2, -0.15) is 0 Å². The number of alkyl halides is 1. The summed E-state index contributed by atoms with van der Waals surface area (Å²) < 4.78 is 36.8. The van der Waals surface area contributed by atoms with Crippen molar-refractivity contribution < 1.29 is 51.6 Å². The van der Waals surface area contributed by atoms with Crippen LogP contribution in [0.25, 0.3) is 0 Å². The Morgan fingerprint density at radius 2 is 1.44 bits per heavy atom. The lowest BCUT2D eigenvalue weighted by molar-refractivity contribution is -0.870. The second kappa shape index (κ2) is 16.0. The van der Waals surface area contributed by atoms with Crippen LogP contribution in [0.15, 0.2) is 0 Å². The predicted molar refractivity (Wildman–Crippen MR) is 161 cm³/mol. The van der Waals surface area contributed by atoms with Crippen molar-refractivity contribution in [3.05, 3.63) is 0 Å². The van der Waals surface area contributed by atoms with Crippen LogP contribution < -0.4 is 4.89 Å². The number of phosphoric acid groups is 1. The number of carbonyl (C=O) groups is 3. The van der Waals surface area contributed by atoms with Crippen LogP contribution >= 0.6 is 23.8 Å². The molecule has 3 unspecified atom stereocenters. The number of nitrogens with zero attached hydrogens (tertiary/aromatic N) is 1. The topological polar surface area (TPSA) is 137 Å². The van der Waals surface area contributed by atoms with Crippen LogP contribution in [-0.2, 0) is 42.2 Å². The second-order valence-electron chi connectivity index (χ2n) is 13.1. The van der Waals surface area contributed by atoms with Crippen molar-refractivity contribution in [1.29, 1.82) is 0 Å². The van der Waals surface area contributed by atoms with E-state index < -0.39 is 62.2 Å². The van der Waals surface area contributed by atoms with Crippen molar-refractivity contribution in [3.63, 3.8) is 0 Å². The van der Waals surface area contributed by atoms with Gasteiger partial charge in [0.15, 0.2) is 6.61 Å². The van der Waals surface area contributed by atoms with Crippen LogP contribution in [0.3, 0.4) is 0 Å². The molecule has 41 heavy (non-hydrogen) atoms. The highest BCUT2D eigenvalue weighted by Gasteiger charge is 2.49. The quantitative estimate of drug-likeness (QED) is 0.0326. The smallest absolute Gasteiger partial charge is 0.323 e. The molecule has 3 atom stereocenters. The maximum absolute atomic E-state index is 13.4. The Bertz CT molecular complexity index is 1010. The van der Waals surface area contributed by atoms with Crippen LogP contribution in [0.1, 0.15) is 47.5 Å². The lowest BCUT2D eigenvalue weighted by Crippen LogP contribution is -2.45. The molecule has 0 aromatic rings. The number of hydrogen-bond donors (Lipinski definition) is 0. The molecule has 0 radical (unpaired) electrons. The molecule has 0 rings (SSSR count). The summed E-state index contributed by atoms with van der Waals surface area (Å²) in [7, 11) is -0.568. The summed E-state index contributed by atoms with van der Waals surface area (Å²) in [4.78, 5) is 51.0. The zero-order valence-corrected chi connectivity index (χ0v) is 30.0. The molecule has 0 aliphatic carbocycles. The summed E-state index contributed by atoms with van der Waals surface area (Å²) in [6.45, 7) is 13.9. The summed E-state index contributed by atoms with van der Waals surface area (Å²) in [5.41, 5.74) is 0.615. The molecule has 0 aromatic carbocycles. The third kappa shape index (κ3) is 16.8. The highest BCUT2D eigenvalue weighted by Crippen LogP contribution is 2.44. The van der Waals surface area contributed by atoms with Crippen LogP contribution in [0.2, 0.25) is 19.6 Å². The van der Waals surface area contributed by atoms with E-state index >= 15 is 0 Å². The van der Waals surface area contributed by atoms with Gasteiger partial charge in [0, 0.05) is 0 Å². The van der Waals surface area contributed by atoms with Gasteiger partial charge in [-0.1, -0.05) is 41.5 Å². The van der Waals surface area contributed by atoms with Gasteiger partial charge in [-0.3, -0.25) is 18.9 Å². The Labute approximate surface area is 255 Å². The second-order valence-corrected chi connectivity index (χ2v) is 21.0. The molecule has 0 N–H and O–H groups in total. The van der Waals surface area contributed by atoms with E-state index in [1.54, 1.807) is 34.6 Å². The van der Waals surface area contributed by atoms with E-state index in [0.29, 0.717) is 11.0 Å². The van der Waals surface area contributed by atoms with E-state index in [0.717, 1.165) is 0 Å². The van der Waals surface area contributed by atoms with Gasteiger partial charge in [-0.05, 0) is 47.5 Å². The van der Waals surface area contributed by atoms with E-state index in [1.807, 2.05) is 21.1 Å². The van der Waals surface area contributed by atoms with Gasteiger partial charge >= 0.3 is 17.9 Å². The fraction of sp³-hybridized carbons (Fsp3) is 0.815. The number of halogens is 1. The minimum atomic E-state index is -4.59. The van der Waals surface area contributed by atoms with Gasteiger partial charge in [0.2, 0.25) is 0 Å². The van der Waals surface area contributed by atoms with Gasteiger partial charge in [-0.25, -0.2) is 0 Å². The molecule has 0 amide bonds. The molecular weight excluding hydrogens is 637 g/mol. The molecule has 0 aliphatic rings. The van der Waals surface area contributed by atoms with Crippen molar-refractivity contribution in [2.45, 2.75) is 71.4 Å². The minimum Gasteiger partial charge on any atom is -0.756 e. The summed E-state index contributed by atoms with van der Waals surface area (Å²) in [5, 5.41) is 0. The zero-order chi connectivity index (χ0) is 32.3. The van der Waals surface area contributed by atoms with E-state index in [1.165, 1.54) is 0 Å². The summed E-state index contributed by atoms with van der Waals surface area (Å²) in [6.07, 6.45) is -0.131. The molecule has 0 spiro atoms. The van der Waals surface area contributed by atoms with E-state index in [9.17, 15) is 23.8 Å². The Morgan fingerprint density at radius 3 is 1.95 bits per heavy atom. The Balaban J connectivity index is 5.59. The molecule has 238 valence electrons. The highest BCUT2D eigenvalue weighted by molar-refractivity contribution is 9.10. The zero-order valence-electron chi connectivity index (χ0n) is 26.5. The normalized spacial score (nSPS) is 16.7. The summed E-state index contributed by atoms with van der Waals surface area (Å²) >= 11 is 3.41. The van der Waals surface area contributed by atoms with E-state index in [-0.39, 0.29) is 32.7 Å². The number of carbonyl (C=O) groups excluding carboxylic acids is 3. The maximum atomic E-state index is 13.4. The van der Waals surface area contributed by atoms with Gasteiger partial charge in [0.05, 0.1) is 45.2 Å². The number of quaternary nitrogens is 1. The SMILES string of the molecule is CCOC(=O)C(C)(C)CC(C)(CC(C)(Br)C(=O)OCC#C[Si](C)(C)C)C(=O)OCCOP(=O)([O-])OCC[N+](C)(C)C. The summed E-state index contributed by atoms with van der Waals surface area (Å²) in [6, 6.07) is 0. The molecule has 0 bridgehead atoms. The molecule has 0 fully saturated rings. The van der Waals surface area contributed by atoms with Gasteiger partial charge in [0.25, 0.3) is 7.82 Å². The van der Waals surface area contributed by atoms with Crippen LogP contribution in [0, 0.1) is 22.3 Å². The van der Waals surface area contributed by atoms with Crippen LogP contribution in [0.4, 0.5) is 0 Å². The number of esters is 3. The average Bonchev–Trinajstić information content (AvgIpc) is 2.76. The monoisotopic (exact) mass is 685 g/mol. The van der Waals surface area contributed by atoms with Crippen LogP contribution in [-0.4, -0.2) is 95.5 Å². The van der Waals surface area contributed by atoms with Gasteiger partial charge in [-0.15, -0.1) is 5.54 Å². The molecule has 0 aromatic heterocycles. The third-order valence-corrected chi connectivity index (χ3v) is 8.15. The van der Waals surface area contributed by atoms with E-state index in [2.05, 4.69) is 47.0 Å². The fourth-order valence-electron chi connectivity index (χ4n) is 3.86. The molecule has 14 heteroatoms. The average molecular weight is 687 g/mol. The third-order valence-electron chi connectivity index (χ3n) is 5.62. The molecule has 0 heterocycles. The largest absolute Gasteiger partial charge is 0.756 e.